The molecule has 4 aliphatic rings. The minimum atomic E-state index is -4.88. The number of hydrogen-bond acceptors (Lipinski definition) is 9. The smallest absolute Gasteiger partial charge is 0.418 e. The van der Waals surface area contributed by atoms with E-state index >= 15 is 4.39 Å². The fourth-order valence-electron chi connectivity index (χ4n) is 9.34. The summed E-state index contributed by atoms with van der Waals surface area (Å²) in [4.78, 5) is 32.9. The van der Waals surface area contributed by atoms with Gasteiger partial charge in [-0.15, -0.1) is 0 Å². The first-order chi connectivity index (χ1) is 27.4. The summed E-state index contributed by atoms with van der Waals surface area (Å²) in [6.45, 7) is 15.3. The zero-order valence-electron chi connectivity index (χ0n) is 33.1. The van der Waals surface area contributed by atoms with Gasteiger partial charge in [0.1, 0.15) is 23.8 Å². The van der Waals surface area contributed by atoms with Gasteiger partial charge in [0.2, 0.25) is 5.91 Å². The Hall–Kier alpha value is -4.79. The van der Waals surface area contributed by atoms with Gasteiger partial charge in [0.25, 0.3) is 0 Å². The van der Waals surface area contributed by atoms with Gasteiger partial charge < -0.3 is 25.6 Å². The first-order valence-corrected chi connectivity index (χ1v) is 20.0. The molecular weight excluding hydrogens is 772 g/mol. The molecule has 58 heavy (non-hydrogen) atoms. The van der Waals surface area contributed by atoms with Crippen LogP contribution in [0.4, 0.5) is 29.2 Å². The summed E-state index contributed by atoms with van der Waals surface area (Å²) < 4.78 is 66.8. The topological polar surface area (TPSA) is 113 Å². The van der Waals surface area contributed by atoms with Gasteiger partial charge in [0, 0.05) is 55.8 Å². The van der Waals surface area contributed by atoms with Crippen LogP contribution in [-0.2, 0) is 23.9 Å². The Morgan fingerprint density at radius 2 is 1.95 bits per heavy atom. The van der Waals surface area contributed by atoms with Gasteiger partial charge in [0.15, 0.2) is 5.82 Å². The maximum Gasteiger partial charge on any atom is 0.418 e. The third-order valence-electron chi connectivity index (χ3n) is 12.1. The molecule has 4 aliphatic heterocycles. The number of aromatic nitrogens is 3. The molecule has 2 aromatic carbocycles. The zero-order chi connectivity index (χ0) is 41.3. The average Bonchev–Trinajstić information content (AvgIpc) is 3.67. The van der Waals surface area contributed by atoms with Crippen LogP contribution in [0.3, 0.4) is 0 Å². The summed E-state index contributed by atoms with van der Waals surface area (Å²) in [6, 6.07) is 8.18. The van der Waals surface area contributed by atoms with Crippen molar-refractivity contribution >= 4 is 46.1 Å². The number of piperazine rings is 1. The van der Waals surface area contributed by atoms with Crippen molar-refractivity contribution in [2.24, 2.45) is 0 Å². The van der Waals surface area contributed by atoms with E-state index in [0.29, 0.717) is 26.2 Å². The van der Waals surface area contributed by atoms with Gasteiger partial charge in [-0.3, -0.25) is 9.69 Å². The Bertz CT molecular complexity index is 2370. The highest BCUT2D eigenvalue weighted by atomic mass is 35.5. The lowest BCUT2D eigenvalue weighted by atomic mass is 9.85. The van der Waals surface area contributed by atoms with Gasteiger partial charge in [-0.1, -0.05) is 42.0 Å². The summed E-state index contributed by atoms with van der Waals surface area (Å²) in [5.41, 5.74) is 7.18. The second-order valence-corrected chi connectivity index (χ2v) is 17.3. The Morgan fingerprint density at radius 1 is 1.16 bits per heavy atom. The van der Waals surface area contributed by atoms with Crippen molar-refractivity contribution in [2.45, 2.75) is 83.2 Å². The number of fused-ring (bicyclic) bond motifs is 3. The quantitative estimate of drug-likeness (QED) is 0.110. The Kier molecular flexibility index (Phi) is 10.2. The van der Waals surface area contributed by atoms with Gasteiger partial charge in [0.05, 0.1) is 27.4 Å². The Labute approximate surface area is 340 Å². The van der Waals surface area contributed by atoms with Crippen molar-refractivity contribution in [3.63, 3.8) is 0 Å². The number of carbonyl (C=O) groups is 1. The number of aryl methyl sites for hydroxylation is 1. The van der Waals surface area contributed by atoms with E-state index in [0.717, 1.165) is 56.0 Å². The maximum atomic E-state index is 17.0. The van der Waals surface area contributed by atoms with E-state index in [1.165, 1.54) is 24.1 Å². The predicted octanol–water partition coefficient (Wildman–Crippen LogP) is 7.74. The van der Waals surface area contributed by atoms with Gasteiger partial charge in [-0.25, -0.2) is 9.37 Å². The summed E-state index contributed by atoms with van der Waals surface area (Å²) in [5, 5.41) is 3.43. The van der Waals surface area contributed by atoms with Crippen LogP contribution in [-0.4, -0.2) is 87.1 Å². The molecule has 1 amide bonds. The van der Waals surface area contributed by atoms with Crippen LogP contribution in [0.1, 0.15) is 67.9 Å². The molecule has 3 saturated heterocycles. The van der Waals surface area contributed by atoms with E-state index in [9.17, 15) is 18.0 Å². The predicted molar refractivity (Wildman–Crippen MR) is 218 cm³/mol. The Balaban J connectivity index is 1.14. The highest BCUT2D eigenvalue weighted by molar-refractivity contribution is 6.34. The molecule has 0 spiro atoms. The van der Waals surface area contributed by atoms with E-state index in [-0.39, 0.29) is 68.8 Å². The summed E-state index contributed by atoms with van der Waals surface area (Å²) in [6.07, 6.45) is 2.09. The molecule has 0 aliphatic carbocycles. The first kappa shape index (κ1) is 40.0. The normalized spacial score (nSPS) is 22.2. The molecule has 306 valence electrons. The van der Waals surface area contributed by atoms with Crippen molar-refractivity contribution in [1.29, 1.82) is 0 Å². The molecule has 6 heterocycles. The van der Waals surface area contributed by atoms with Crippen molar-refractivity contribution in [2.75, 3.05) is 50.0 Å². The molecule has 0 radical (unpaired) electrons. The monoisotopic (exact) mass is 818 g/mol. The molecule has 10 nitrogen and oxygen atoms in total. The second-order valence-electron chi connectivity index (χ2n) is 16.9. The minimum Gasteiger partial charge on any atom is -0.461 e. The van der Waals surface area contributed by atoms with Crippen LogP contribution < -0.4 is 20.7 Å². The molecular formula is C43H47ClF4N8O2. The third kappa shape index (κ3) is 7.39. The lowest BCUT2D eigenvalue weighted by Gasteiger charge is -2.40. The fourth-order valence-corrected chi connectivity index (χ4v) is 9.62. The van der Waals surface area contributed by atoms with Crippen LogP contribution in [0.15, 0.2) is 48.6 Å². The van der Waals surface area contributed by atoms with Crippen molar-refractivity contribution in [3.8, 4) is 17.3 Å². The van der Waals surface area contributed by atoms with E-state index in [1.807, 2.05) is 30.0 Å². The molecule has 2 atom stereocenters. The fraction of sp³-hybridized carbons (Fsp3) is 0.442. The van der Waals surface area contributed by atoms with Crippen molar-refractivity contribution < 1.29 is 27.1 Å². The number of nitrogen functional groups attached to an aromatic ring is 1. The molecule has 3 N–H and O–H groups in total. The molecule has 0 unspecified atom stereocenters. The highest BCUT2D eigenvalue weighted by Crippen LogP contribution is 2.46. The van der Waals surface area contributed by atoms with Crippen molar-refractivity contribution in [3.05, 3.63) is 87.2 Å². The SMILES string of the molecule is C=C1CN2CCC[C@@]2(COc2nc(N3CCN(C(=O)/C=C/c4cccc5c4CNC(C)(C)C5)C[C@@H]3C)c3cc(Cl)c(-c4nc(N)cc(C)c4C(F)(F)F)c(F)c3n2)C1. The molecule has 4 aromatic rings. The largest absolute Gasteiger partial charge is 0.461 e. The number of nitrogens with one attached hydrogen (secondary N) is 1. The molecule has 2 aromatic heterocycles. The number of pyridine rings is 1. The number of amides is 1. The number of anilines is 2. The van der Waals surface area contributed by atoms with E-state index in [2.05, 4.69) is 46.7 Å². The molecule has 0 bridgehead atoms. The third-order valence-corrected chi connectivity index (χ3v) is 12.4. The standard InChI is InChI=1S/C43H47ClF4N8O2/c1-24-18-42(12-7-13-55(42)21-24)23-58-40-52-37-29(17-31(44)34(36(37)45)38-35(43(46,47)48)25(2)16-32(49)51-38)39(53-40)56-15-14-54(22-26(56)3)33(57)11-10-27-8-6-9-28-19-41(4,5)50-20-30(27)28/h6,8-11,16-17,26,50H,1,7,12-15,18-23H2,2-5H3,(H2,49,51)/b11-10+/t26-,42-/m0/s1. The summed E-state index contributed by atoms with van der Waals surface area (Å²) >= 11 is 6.71. The number of carbonyl (C=O) groups excluding carboxylic acids is 1. The molecule has 0 saturated carbocycles. The minimum absolute atomic E-state index is 0.00583. The van der Waals surface area contributed by atoms with E-state index < -0.39 is 28.8 Å². The lowest BCUT2D eigenvalue weighted by Crippen LogP contribution is -2.53. The number of ether oxygens (including phenoxy) is 1. The number of nitrogens with zero attached hydrogens (tertiary/aromatic N) is 6. The van der Waals surface area contributed by atoms with E-state index in [1.54, 1.807) is 11.0 Å². The Morgan fingerprint density at radius 3 is 2.71 bits per heavy atom. The van der Waals surface area contributed by atoms with Gasteiger partial charge >= 0.3 is 12.2 Å². The number of rotatable bonds is 7. The summed E-state index contributed by atoms with van der Waals surface area (Å²) in [5.74, 6) is -1.18. The average molecular weight is 819 g/mol. The molecule has 15 heteroatoms. The van der Waals surface area contributed by atoms with Crippen LogP contribution in [0.2, 0.25) is 5.02 Å². The second kappa shape index (κ2) is 14.8. The van der Waals surface area contributed by atoms with Gasteiger partial charge in [-0.05, 0) is 100 Å². The van der Waals surface area contributed by atoms with Crippen LogP contribution in [0.25, 0.3) is 28.2 Å². The van der Waals surface area contributed by atoms with E-state index in [4.69, 9.17) is 27.1 Å². The maximum absolute atomic E-state index is 17.0. The number of halogens is 5. The summed E-state index contributed by atoms with van der Waals surface area (Å²) in [7, 11) is 0. The lowest BCUT2D eigenvalue weighted by molar-refractivity contribution is -0.137. The van der Waals surface area contributed by atoms with Crippen molar-refractivity contribution in [1.82, 2.24) is 30.1 Å². The zero-order valence-corrected chi connectivity index (χ0v) is 33.8. The molecule has 3 fully saturated rings. The first-order valence-electron chi connectivity index (χ1n) is 19.6. The number of alkyl halides is 3. The highest BCUT2D eigenvalue weighted by Gasteiger charge is 2.47. The van der Waals surface area contributed by atoms with Crippen LogP contribution in [0.5, 0.6) is 6.01 Å². The van der Waals surface area contributed by atoms with Gasteiger partial charge in [-0.2, -0.15) is 23.1 Å². The number of nitrogens with two attached hydrogens (primary N) is 1. The van der Waals surface area contributed by atoms with Crippen LogP contribution in [0, 0.1) is 12.7 Å². The number of benzene rings is 2. The molecule has 8 rings (SSSR count). The van der Waals surface area contributed by atoms with Crippen LogP contribution >= 0.6 is 11.6 Å². The number of hydrogen-bond donors (Lipinski definition) is 2.